The maximum absolute atomic E-state index is 12.0. The number of rotatable bonds is 4. The van der Waals surface area contributed by atoms with Crippen molar-refractivity contribution >= 4 is 50.5 Å². The minimum absolute atomic E-state index is 0.00673. The Morgan fingerprint density at radius 1 is 1.20 bits per heavy atom. The Balaban J connectivity index is 2.16. The van der Waals surface area contributed by atoms with Crippen molar-refractivity contribution in [1.29, 1.82) is 0 Å². The lowest BCUT2D eigenvalue weighted by atomic mass is 10.4. The molecule has 0 aliphatic heterocycles. The number of hydrogen-bond acceptors (Lipinski definition) is 4. The number of hydrazine groups is 1. The maximum atomic E-state index is 12.0. The summed E-state index contributed by atoms with van der Waals surface area (Å²) in [5, 5.41) is 1.93. The van der Waals surface area contributed by atoms with Crippen molar-refractivity contribution in [3.05, 3.63) is 50.6 Å². The van der Waals surface area contributed by atoms with Crippen molar-refractivity contribution in [2.45, 2.75) is 4.90 Å². The number of sulfonamides is 1. The van der Waals surface area contributed by atoms with Crippen LogP contribution in [0.5, 0.6) is 0 Å². The Hall–Kier alpha value is -1.12. The van der Waals surface area contributed by atoms with E-state index in [4.69, 9.17) is 23.2 Å². The van der Waals surface area contributed by atoms with Crippen molar-refractivity contribution < 1.29 is 13.2 Å². The SMILES string of the molecule is O=C(NNS(=O)(=O)c1cc(Cl)ccc1Cl)c1cccs1. The highest BCUT2D eigenvalue weighted by Crippen LogP contribution is 2.24. The molecule has 0 saturated carbocycles. The second-order valence-electron chi connectivity index (χ2n) is 3.61. The summed E-state index contributed by atoms with van der Waals surface area (Å²) in [5.74, 6) is -0.554. The monoisotopic (exact) mass is 350 g/mol. The first kappa shape index (κ1) is 15.3. The van der Waals surface area contributed by atoms with E-state index in [1.165, 1.54) is 29.5 Å². The Kier molecular flexibility index (Phi) is 4.66. The molecule has 2 rings (SSSR count). The second kappa shape index (κ2) is 6.11. The molecular weight excluding hydrogens is 343 g/mol. The fourth-order valence-corrected chi connectivity index (χ4v) is 3.54. The van der Waals surface area contributed by atoms with Crippen LogP contribution in [-0.2, 0) is 10.0 Å². The van der Waals surface area contributed by atoms with Gasteiger partial charge in [0.15, 0.2) is 0 Å². The van der Waals surface area contributed by atoms with Crippen LogP contribution in [0.1, 0.15) is 9.67 Å². The van der Waals surface area contributed by atoms with Gasteiger partial charge in [0.2, 0.25) is 0 Å². The summed E-state index contributed by atoms with van der Waals surface area (Å²) in [6, 6.07) is 7.28. The fraction of sp³-hybridized carbons (Fsp3) is 0. The molecule has 0 unspecified atom stereocenters. The van der Waals surface area contributed by atoms with Gasteiger partial charge in [0, 0.05) is 5.02 Å². The molecule has 0 bridgehead atoms. The van der Waals surface area contributed by atoms with Crippen LogP contribution in [-0.4, -0.2) is 14.3 Å². The highest BCUT2D eigenvalue weighted by atomic mass is 35.5. The molecule has 0 saturated heterocycles. The number of carbonyl (C=O) groups excluding carboxylic acids is 1. The molecule has 1 aromatic heterocycles. The fourth-order valence-electron chi connectivity index (χ4n) is 1.32. The zero-order valence-electron chi connectivity index (χ0n) is 9.76. The molecule has 1 amide bonds. The summed E-state index contributed by atoms with van der Waals surface area (Å²) in [5.41, 5.74) is 2.10. The lowest BCUT2D eigenvalue weighted by molar-refractivity contribution is 0.0949. The molecule has 106 valence electrons. The molecule has 0 aliphatic carbocycles. The third-order valence-corrected chi connectivity index (χ3v) is 5.06. The minimum atomic E-state index is -3.99. The third kappa shape index (κ3) is 3.50. The van der Waals surface area contributed by atoms with Gasteiger partial charge in [-0.3, -0.25) is 10.2 Å². The topological polar surface area (TPSA) is 75.3 Å². The van der Waals surface area contributed by atoms with E-state index in [2.05, 4.69) is 5.43 Å². The van der Waals surface area contributed by atoms with Gasteiger partial charge in [-0.05, 0) is 29.6 Å². The molecule has 0 radical (unpaired) electrons. The van der Waals surface area contributed by atoms with Gasteiger partial charge >= 0.3 is 0 Å². The maximum Gasteiger partial charge on any atom is 0.276 e. The average Bonchev–Trinajstić information content (AvgIpc) is 2.93. The van der Waals surface area contributed by atoms with Crippen LogP contribution in [0.4, 0.5) is 0 Å². The molecule has 0 aliphatic rings. The zero-order chi connectivity index (χ0) is 14.8. The van der Waals surface area contributed by atoms with E-state index in [1.54, 1.807) is 17.5 Å². The Morgan fingerprint density at radius 3 is 2.60 bits per heavy atom. The van der Waals surface area contributed by atoms with Crippen LogP contribution in [0.2, 0.25) is 10.0 Å². The van der Waals surface area contributed by atoms with E-state index >= 15 is 0 Å². The highest BCUT2D eigenvalue weighted by Gasteiger charge is 2.19. The molecule has 9 heteroatoms. The second-order valence-corrected chi connectivity index (χ2v) is 7.05. The normalized spacial score (nSPS) is 11.3. The highest BCUT2D eigenvalue weighted by molar-refractivity contribution is 7.89. The van der Waals surface area contributed by atoms with Crippen LogP contribution in [0.15, 0.2) is 40.6 Å². The molecule has 0 atom stereocenters. The predicted molar refractivity (Wildman–Crippen MR) is 78.6 cm³/mol. The third-order valence-electron chi connectivity index (χ3n) is 2.23. The van der Waals surface area contributed by atoms with E-state index in [-0.39, 0.29) is 14.9 Å². The first-order valence-electron chi connectivity index (χ1n) is 5.21. The first-order valence-corrected chi connectivity index (χ1v) is 8.33. The van der Waals surface area contributed by atoms with Crippen molar-refractivity contribution in [3.63, 3.8) is 0 Å². The molecule has 5 nitrogen and oxygen atoms in total. The largest absolute Gasteiger partial charge is 0.276 e. The molecule has 2 aromatic rings. The van der Waals surface area contributed by atoms with Gasteiger partial charge in [0.1, 0.15) is 4.90 Å². The predicted octanol–water partition coefficient (Wildman–Crippen LogP) is 2.68. The summed E-state index contributed by atoms with van der Waals surface area (Å²) in [7, 11) is -3.99. The standard InChI is InChI=1S/C11H8Cl2N2O3S2/c12-7-3-4-8(13)10(6-7)20(17,18)15-14-11(16)9-2-1-5-19-9/h1-6,15H,(H,14,16). The quantitative estimate of drug-likeness (QED) is 0.832. The summed E-state index contributed by atoms with van der Waals surface area (Å²) in [6.07, 6.45) is 0. The van der Waals surface area contributed by atoms with Gasteiger partial charge in [0.05, 0.1) is 9.90 Å². The lowest BCUT2D eigenvalue weighted by Crippen LogP contribution is -2.41. The Bertz CT molecular complexity index is 730. The number of thiophene rings is 1. The smallest absolute Gasteiger partial charge is 0.273 e. The van der Waals surface area contributed by atoms with Gasteiger partial charge in [-0.15, -0.1) is 16.2 Å². The summed E-state index contributed by atoms with van der Waals surface area (Å²) < 4.78 is 24.0. The molecule has 1 heterocycles. The van der Waals surface area contributed by atoms with Crippen molar-refractivity contribution in [1.82, 2.24) is 10.3 Å². The Morgan fingerprint density at radius 2 is 1.95 bits per heavy atom. The summed E-state index contributed by atoms with van der Waals surface area (Å²) in [4.78, 5) is 13.8. The van der Waals surface area contributed by atoms with Crippen molar-refractivity contribution in [2.75, 3.05) is 0 Å². The molecule has 2 N–H and O–H groups in total. The average molecular weight is 351 g/mol. The lowest BCUT2D eigenvalue weighted by Gasteiger charge is -2.09. The molecule has 20 heavy (non-hydrogen) atoms. The summed E-state index contributed by atoms with van der Waals surface area (Å²) in [6.45, 7) is 0. The van der Waals surface area contributed by atoms with Gasteiger partial charge in [-0.25, -0.2) is 8.42 Å². The van der Waals surface area contributed by atoms with Crippen molar-refractivity contribution in [3.8, 4) is 0 Å². The van der Waals surface area contributed by atoms with Crippen LogP contribution in [0, 0.1) is 0 Å². The number of nitrogens with one attached hydrogen (secondary N) is 2. The van der Waals surface area contributed by atoms with Crippen molar-refractivity contribution in [2.24, 2.45) is 0 Å². The number of halogens is 2. The minimum Gasteiger partial charge on any atom is -0.273 e. The van der Waals surface area contributed by atoms with Crippen LogP contribution in [0.25, 0.3) is 0 Å². The molecule has 1 aromatic carbocycles. The van der Waals surface area contributed by atoms with E-state index in [0.717, 1.165) is 0 Å². The zero-order valence-corrected chi connectivity index (χ0v) is 12.9. The number of benzene rings is 1. The van der Waals surface area contributed by atoms with Gasteiger partial charge in [-0.2, -0.15) is 0 Å². The molecule has 0 fully saturated rings. The molecular formula is C11H8Cl2N2O3S2. The number of hydrogen-bond donors (Lipinski definition) is 2. The van der Waals surface area contributed by atoms with E-state index < -0.39 is 15.9 Å². The molecule has 0 spiro atoms. The van der Waals surface area contributed by atoms with Crippen LogP contribution < -0.4 is 10.3 Å². The van der Waals surface area contributed by atoms with E-state index in [1.807, 2.05) is 4.83 Å². The number of amides is 1. The van der Waals surface area contributed by atoms with Gasteiger partial charge in [0.25, 0.3) is 15.9 Å². The number of carbonyl (C=O) groups is 1. The van der Waals surface area contributed by atoms with Crippen LogP contribution in [0.3, 0.4) is 0 Å². The van der Waals surface area contributed by atoms with E-state index in [0.29, 0.717) is 4.88 Å². The first-order chi connectivity index (χ1) is 9.40. The van der Waals surface area contributed by atoms with E-state index in [9.17, 15) is 13.2 Å². The Labute approximate surface area is 129 Å². The van der Waals surface area contributed by atoms with Gasteiger partial charge in [-0.1, -0.05) is 29.3 Å². The van der Waals surface area contributed by atoms with Crippen LogP contribution >= 0.6 is 34.5 Å². The van der Waals surface area contributed by atoms with Gasteiger partial charge < -0.3 is 0 Å². The summed E-state index contributed by atoms with van der Waals surface area (Å²) >= 11 is 12.7.